The Morgan fingerprint density at radius 1 is 1.45 bits per heavy atom. The minimum absolute atomic E-state index is 0.0541. The highest BCUT2D eigenvalue weighted by Gasteiger charge is 2.32. The van der Waals surface area contributed by atoms with Crippen molar-refractivity contribution in [1.82, 2.24) is 4.90 Å². The summed E-state index contributed by atoms with van der Waals surface area (Å²) in [7, 11) is 0. The molecule has 20 heavy (non-hydrogen) atoms. The van der Waals surface area contributed by atoms with E-state index in [1.807, 2.05) is 0 Å². The van der Waals surface area contributed by atoms with E-state index in [9.17, 15) is 23.1 Å². The third-order valence-electron chi connectivity index (χ3n) is 2.66. The first-order chi connectivity index (χ1) is 9.23. The van der Waals surface area contributed by atoms with E-state index in [-0.39, 0.29) is 6.54 Å². The van der Waals surface area contributed by atoms with Gasteiger partial charge in [0.05, 0.1) is 6.10 Å². The van der Waals surface area contributed by atoms with Gasteiger partial charge in [0.25, 0.3) is 0 Å². The van der Waals surface area contributed by atoms with Crippen LogP contribution in [0.3, 0.4) is 0 Å². The average Bonchev–Trinajstić information content (AvgIpc) is 2.35. The van der Waals surface area contributed by atoms with Crippen LogP contribution in [-0.2, 0) is 0 Å². The Kier molecular flexibility index (Phi) is 5.38. The molecule has 112 valence electrons. The Morgan fingerprint density at radius 2 is 2.10 bits per heavy atom. The monoisotopic (exact) mass is 290 g/mol. The van der Waals surface area contributed by atoms with Crippen LogP contribution in [0, 0.1) is 0 Å². The number of anilines is 1. The molecular weight excluding hydrogens is 273 g/mol. The summed E-state index contributed by atoms with van der Waals surface area (Å²) < 4.78 is 36.9. The number of hydrogen-bond donors (Lipinski definition) is 2. The molecule has 0 saturated carbocycles. The van der Waals surface area contributed by atoms with Crippen molar-refractivity contribution < 1.29 is 23.1 Å². The van der Waals surface area contributed by atoms with E-state index in [0.29, 0.717) is 16.2 Å². The Bertz CT molecular complexity index is 461. The number of hydrogen-bond acceptors (Lipinski definition) is 2. The predicted molar refractivity (Wildman–Crippen MR) is 69.4 cm³/mol. The fourth-order valence-electron chi connectivity index (χ4n) is 1.62. The quantitative estimate of drug-likeness (QED) is 0.895. The summed E-state index contributed by atoms with van der Waals surface area (Å²) >= 11 is 0. The van der Waals surface area contributed by atoms with Crippen molar-refractivity contribution in [2.24, 2.45) is 0 Å². The lowest BCUT2D eigenvalue weighted by Gasteiger charge is -2.22. The molecule has 1 unspecified atom stereocenters. The lowest BCUT2D eigenvalue weighted by molar-refractivity contribution is -0.139. The number of benzene rings is 1. The zero-order valence-corrected chi connectivity index (χ0v) is 11.2. The Labute approximate surface area is 115 Å². The summed E-state index contributed by atoms with van der Waals surface area (Å²) in [4.78, 5) is 12.4. The molecule has 1 aromatic rings. The molecule has 2 N–H and O–H groups in total. The van der Waals surface area contributed by atoms with Gasteiger partial charge >= 0.3 is 12.2 Å². The van der Waals surface area contributed by atoms with E-state index in [4.69, 9.17) is 0 Å². The van der Waals surface area contributed by atoms with Crippen LogP contribution in [0.4, 0.5) is 23.7 Å². The first-order valence-corrected chi connectivity index (χ1v) is 6.13. The van der Waals surface area contributed by atoms with Gasteiger partial charge in [-0.2, -0.15) is 13.2 Å². The molecule has 0 aliphatic carbocycles. The molecule has 1 aromatic carbocycles. The second-order valence-corrected chi connectivity index (χ2v) is 4.36. The largest absolute Gasteiger partial charge is 0.406 e. The van der Waals surface area contributed by atoms with Gasteiger partial charge in [-0.15, -0.1) is 0 Å². The molecule has 0 radical (unpaired) electrons. The van der Waals surface area contributed by atoms with Crippen molar-refractivity contribution in [2.45, 2.75) is 26.1 Å². The lowest BCUT2D eigenvalue weighted by atomic mass is 10.1. The number of urea groups is 1. The number of alkyl halides is 3. The highest BCUT2D eigenvalue weighted by Crippen LogP contribution is 2.19. The molecule has 0 heterocycles. The number of aliphatic hydroxyl groups excluding tert-OH is 1. The minimum Gasteiger partial charge on any atom is -0.389 e. The van der Waals surface area contributed by atoms with Crippen LogP contribution in [0.1, 0.15) is 25.5 Å². The van der Waals surface area contributed by atoms with E-state index in [0.717, 1.165) is 0 Å². The van der Waals surface area contributed by atoms with Crippen LogP contribution in [-0.4, -0.2) is 35.3 Å². The van der Waals surface area contributed by atoms with Crippen molar-refractivity contribution in [3.63, 3.8) is 0 Å². The third kappa shape index (κ3) is 5.08. The van der Waals surface area contributed by atoms with Crippen LogP contribution in [0.2, 0.25) is 0 Å². The van der Waals surface area contributed by atoms with Crippen molar-refractivity contribution in [3.8, 4) is 0 Å². The summed E-state index contributed by atoms with van der Waals surface area (Å²) in [5.74, 6) is 0. The van der Waals surface area contributed by atoms with Gasteiger partial charge in [0, 0.05) is 12.2 Å². The summed E-state index contributed by atoms with van der Waals surface area (Å²) in [6.07, 6.45) is -5.15. The number of halogens is 3. The Morgan fingerprint density at radius 3 is 2.60 bits per heavy atom. The molecule has 4 nitrogen and oxygen atoms in total. The van der Waals surface area contributed by atoms with Crippen LogP contribution in [0.25, 0.3) is 0 Å². The molecule has 1 rings (SSSR count). The zero-order valence-electron chi connectivity index (χ0n) is 11.2. The highest BCUT2D eigenvalue weighted by atomic mass is 19.4. The summed E-state index contributed by atoms with van der Waals surface area (Å²) in [6.45, 7) is 1.67. The standard InChI is InChI=1S/C13H17F3N2O2/c1-3-18(8-13(14,15)16)12(20)17-11-6-4-5-10(7-11)9(2)19/h4-7,9,19H,3,8H2,1-2H3,(H,17,20). The second kappa shape index (κ2) is 6.60. The smallest absolute Gasteiger partial charge is 0.389 e. The fourth-order valence-corrected chi connectivity index (χ4v) is 1.62. The van der Waals surface area contributed by atoms with Crippen molar-refractivity contribution in [3.05, 3.63) is 29.8 Å². The predicted octanol–water partition coefficient (Wildman–Crippen LogP) is 3.16. The highest BCUT2D eigenvalue weighted by molar-refractivity contribution is 5.89. The van der Waals surface area contributed by atoms with Gasteiger partial charge in [0.2, 0.25) is 0 Å². The molecule has 0 saturated heterocycles. The van der Waals surface area contributed by atoms with Gasteiger partial charge in [-0.25, -0.2) is 4.79 Å². The van der Waals surface area contributed by atoms with Crippen LogP contribution in [0.15, 0.2) is 24.3 Å². The summed E-state index contributed by atoms with van der Waals surface area (Å²) in [5.41, 5.74) is 0.913. The molecule has 2 amide bonds. The maximum Gasteiger partial charge on any atom is 0.406 e. The number of rotatable bonds is 4. The van der Waals surface area contributed by atoms with E-state index >= 15 is 0 Å². The Hall–Kier alpha value is -1.76. The van der Waals surface area contributed by atoms with E-state index < -0.39 is 24.9 Å². The van der Waals surface area contributed by atoms with E-state index in [2.05, 4.69) is 5.32 Å². The van der Waals surface area contributed by atoms with E-state index in [1.165, 1.54) is 13.0 Å². The van der Waals surface area contributed by atoms with Gasteiger partial charge in [0.1, 0.15) is 6.54 Å². The molecule has 0 spiro atoms. The maximum absolute atomic E-state index is 12.3. The molecule has 0 fully saturated rings. The number of aliphatic hydroxyl groups is 1. The van der Waals surface area contributed by atoms with Gasteiger partial charge < -0.3 is 15.3 Å². The molecule has 7 heteroatoms. The third-order valence-corrected chi connectivity index (χ3v) is 2.66. The molecule has 1 atom stereocenters. The lowest BCUT2D eigenvalue weighted by Crippen LogP contribution is -2.41. The maximum atomic E-state index is 12.3. The number of carbonyl (C=O) groups is 1. The fraction of sp³-hybridized carbons (Fsp3) is 0.462. The normalized spacial score (nSPS) is 12.9. The number of amides is 2. The zero-order chi connectivity index (χ0) is 15.3. The molecule has 0 aromatic heterocycles. The van der Waals surface area contributed by atoms with Crippen molar-refractivity contribution in [1.29, 1.82) is 0 Å². The van der Waals surface area contributed by atoms with Crippen LogP contribution < -0.4 is 5.32 Å². The summed E-state index contributed by atoms with van der Waals surface area (Å²) in [5, 5.41) is 11.8. The van der Waals surface area contributed by atoms with Crippen molar-refractivity contribution in [2.75, 3.05) is 18.4 Å². The second-order valence-electron chi connectivity index (χ2n) is 4.36. The van der Waals surface area contributed by atoms with Crippen molar-refractivity contribution >= 4 is 11.7 Å². The molecule has 0 aliphatic heterocycles. The van der Waals surface area contributed by atoms with Gasteiger partial charge in [-0.1, -0.05) is 12.1 Å². The van der Waals surface area contributed by atoms with Gasteiger partial charge in [0.15, 0.2) is 0 Å². The number of nitrogens with one attached hydrogen (secondary N) is 1. The average molecular weight is 290 g/mol. The van der Waals surface area contributed by atoms with E-state index in [1.54, 1.807) is 25.1 Å². The van der Waals surface area contributed by atoms with Gasteiger partial charge in [-0.3, -0.25) is 0 Å². The Balaban J connectivity index is 2.76. The number of carbonyl (C=O) groups excluding carboxylic acids is 1. The number of nitrogens with zero attached hydrogens (tertiary/aromatic N) is 1. The summed E-state index contributed by atoms with van der Waals surface area (Å²) in [6, 6.07) is 5.51. The first-order valence-electron chi connectivity index (χ1n) is 6.13. The molecule has 0 aliphatic rings. The SMILES string of the molecule is CCN(CC(F)(F)F)C(=O)Nc1cccc(C(C)O)c1. The van der Waals surface area contributed by atoms with Crippen LogP contribution in [0.5, 0.6) is 0 Å². The molecular formula is C13H17F3N2O2. The first kappa shape index (κ1) is 16.3. The van der Waals surface area contributed by atoms with Gasteiger partial charge in [-0.05, 0) is 31.5 Å². The van der Waals surface area contributed by atoms with Crippen LogP contribution >= 0.6 is 0 Å². The topological polar surface area (TPSA) is 52.6 Å². The molecule has 0 bridgehead atoms. The minimum atomic E-state index is -4.44.